The number of hydrogen-bond acceptors (Lipinski definition) is 5. The Morgan fingerprint density at radius 3 is 2.60 bits per heavy atom. The van der Waals surface area contributed by atoms with E-state index < -0.39 is 4.92 Å². The quantitative estimate of drug-likeness (QED) is 0.360. The number of ether oxygens (including phenoxy) is 2. The number of carbonyl (C=O) groups excluding carboxylic acids is 1. The molecule has 0 aliphatic rings. The third-order valence-electron chi connectivity index (χ3n) is 3.41. The minimum atomic E-state index is -0.478. The minimum Gasteiger partial charge on any atom is -0.468 e. The molecule has 0 spiro atoms. The van der Waals surface area contributed by atoms with Crippen molar-refractivity contribution in [3.63, 3.8) is 0 Å². The summed E-state index contributed by atoms with van der Waals surface area (Å²) in [4.78, 5) is 22.5. The summed E-state index contributed by atoms with van der Waals surface area (Å²) in [5.74, 6) is 0.291. The first kappa shape index (κ1) is 18.2. The lowest BCUT2D eigenvalue weighted by atomic mass is 10.1. The zero-order valence-corrected chi connectivity index (χ0v) is 13.9. The van der Waals surface area contributed by atoms with Gasteiger partial charge in [-0.3, -0.25) is 14.9 Å². The van der Waals surface area contributed by atoms with Gasteiger partial charge in [-0.25, -0.2) is 0 Å². The number of carbonyl (C=O) groups is 1. The Hall–Kier alpha value is -3.19. The van der Waals surface area contributed by atoms with Crippen molar-refractivity contribution >= 4 is 23.4 Å². The maximum atomic E-state index is 12.0. The molecular weight excluding hydrogens is 324 g/mol. The standard InChI is InChI=1S/C18H18N2O5/c1-13-16(4-3-5-17(13)20(22)23)19-18(21)11-8-14-6-9-15(10-7-14)25-12-24-2/h3-11H,12H2,1-2H3,(H,19,21)/b11-8+. The van der Waals surface area contributed by atoms with Crippen LogP contribution in [-0.4, -0.2) is 24.7 Å². The lowest BCUT2D eigenvalue weighted by Crippen LogP contribution is -2.09. The van der Waals surface area contributed by atoms with Crippen LogP contribution in [0.15, 0.2) is 48.5 Å². The molecule has 2 aromatic carbocycles. The molecule has 2 aromatic rings. The van der Waals surface area contributed by atoms with E-state index in [-0.39, 0.29) is 18.4 Å². The molecule has 0 saturated carbocycles. The Morgan fingerprint density at radius 2 is 1.96 bits per heavy atom. The van der Waals surface area contributed by atoms with Crippen molar-refractivity contribution in [2.75, 3.05) is 19.2 Å². The van der Waals surface area contributed by atoms with E-state index in [4.69, 9.17) is 9.47 Å². The van der Waals surface area contributed by atoms with Gasteiger partial charge in [0.15, 0.2) is 6.79 Å². The summed E-state index contributed by atoms with van der Waals surface area (Å²) in [5, 5.41) is 13.6. The van der Waals surface area contributed by atoms with Gasteiger partial charge < -0.3 is 14.8 Å². The van der Waals surface area contributed by atoms with Crippen molar-refractivity contribution in [3.05, 3.63) is 69.8 Å². The third-order valence-corrected chi connectivity index (χ3v) is 3.41. The van der Waals surface area contributed by atoms with Crippen LogP contribution in [0.5, 0.6) is 5.75 Å². The van der Waals surface area contributed by atoms with Gasteiger partial charge in [0.25, 0.3) is 5.69 Å². The maximum Gasteiger partial charge on any atom is 0.274 e. The van der Waals surface area contributed by atoms with Crippen molar-refractivity contribution in [2.24, 2.45) is 0 Å². The van der Waals surface area contributed by atoms with Gasteiger partial charge in [-0.1, -0.05) is 18.2 Å². The number of hydrogen-bond donors (Lipinski definition) is 1. The summed E-state index contributed by atoms with van der Waals surface area (Å²) in [6, 6.07) is 11.7. The van der Waals surface area contributed by atoms with Crippen molar-refractivity contribution in [3.8, 4) is 5.75 Å². The van der Waals surface area contributed by atoms with Crippen molar-refractivity contribution < 1.29 is 19.2 Å². The molecule has 0 fully saturated rings. The Labute approximate surface area is 145 Å². The zero-order valence-electron chi connectivity index (χ0n) is 13.9. The van der Waals surface area contributed by atoms with Crippen molar-refractivity contribution in [1.29, 1.82) is 0 Å². The lowest BCUT2D eigenvalue weighted by Gasteiger charge is -2.06. The van der Waals surface area contributed by atoms with Crippen LogP contribution in [-0.2, 0) is 9.53 Å². The van der Waals surface area contributed by atoms with Crippen molar-refractivity contribution in [1.82, 2.24) is 0 Å². The molecule has 0 atom stereocenters. The normalized spacial score (nSPS) is 10.6. The van der Waals surface area contributed by atoms with Crippen LogP contribution in [0.3, 0.4) is 0 Å². The van der Waals surface area contributed by atoms with Gasteiger partial charge in [0.05, 0.1) is 16.2 Å². The molecule has 0 radical (unpaired) electrons. The minimum absolute atomic E-state index is 0.0339. The van der Waals surface area contributed by atoms with Gasteiger partial charge >= 0.3 is 0 Å². The summed E-state index contributed by atoms with van der Waals surface area (Å²) in [6.07, 6.45) is 3.01. The fraction of sp³-hybridized carbons (Fsp3) is 0.167. The van der Waals surface area contributed by atoms with E-state index in [1.54, 1.807) is 50.4 Å². The molecule has 7 heteroatoms. The lowest BCUT2D eigenvalue weighted by molar-refractivity contribution is -0.385. The molecule has 130 valence electrons. The topological polar surface area (TPSA) is 90.7 Å². The van der Waals surface area contributed by atoms with E-state index in [2.05, 4.69) is 5.32 Å². The molecular formula is C18H18N2O5. The smallest absolute Gasteiger partial charge is 0.274 e. The number of nitro groups is 1. The highest BCUT2D eigenvalue weighted by Gasteiger charge is 2.13. The van der Waals surface area contributed by atoms with Crippen LogP contribution in [0, 0.1) is 17.0 Å². The first-order valence-electron chi connectivity index (χ1n) is 7.46. The van der Waals surface area contributed by atoms with Gasteiger partial charge in [-0.2, -0.15) is 0 Å². The number of nitro benzene ring substituents is 1. The SMILES string of the molecule is COCOc1ccc(/C=C/C(=O)Nc2cccc([N+](=O)[O-])c2C)cc1. The molecule has 0 bridgehead atoms. The molecule has 1 N–H and O–H groups in total. The fourth-order valence-corrected chi connectivity index (χ4v) is 2.11. The molecule has 0 aliphatic heterocycles. The van der Waals surface area contributed by atoms with Gasteiger partial charge in [0.2, 0.25) is 5.91 Å². The third kappa shape index (κ3) is 5.15. The largest absolute Gasteiger partial charge is 0.468 e. The highest BCUT2D eigenvalue weighted by atomic mass is 16.7. The molecule has 0 heterocycles. The summed E-state index contributed by atoms with van der Waals surface area (Å²) >= 11 is 0. The molecule has 0 aromatic heterocycles. The van der Waals surface area contributed by atoms with Gasteiger partial charge in [-0.05, 0) is 36.8 Å². The Bertz CT molecular complexity index is 785. The molecule has 2 rings (SSSR count). The number of rotatable bonds is 7. The van der Waals surface area contributed by atoms with E-state index >= 15 is 0 Å². The van der Waals surface area contributed by atoms with E-state index in [9.17, 15) is 14.9 Å². The van der Waals surface area contributed by atoms with Crippen LogP contribution >= 0.6 is 0 Å². The van der Waals surface area contributed by atoms with E-state index in [0.29, 0.717) is 17.0 Å². The molecule has 25 heavy (non-hydrogen) atoms. The monoisotopic (exact) mass is 342 g/mol. The molecule has 0 unspecified atom stereocenters. The number of methoxy groups -OCH3 is 1. The number of anilines is 1. The maximum absolute atomic E-state index is 12.0. The Kier molecular flexibility index (Phi) is 6.25. The summed E-state index contributed by atoms with van der Waals surface area (Å²) in [5.41, 5.74) is 1.60. The summed E-state index contributed by atoms with van der Waals surface area (Å²) < 4.78 is 10.1. The van der Waals surface area contributed by atoms with Crippen LogP contribution in [0.2, 0.25) is 0 Å². The second kappa shape index (κ2) is 8.60. The average Bonchev–Trinajstić information content (AvgIpc) is 2.60. The number of amides is 1. The second-order valence-corrected chi connectivity index (χ2v) is 5.15. The first-order chi connectivity index (χ1) is 12.0. The highest BCUT2D eigenvalue weighted by Crippen LogP contribution is 2.25. The molecule has 0 aliphatic carbocycles. The number of nitrogens with one attached hydrogen (secondary N) is 1. The van der Waals surface area contributed by atoms with Crippen LogP contribution in [0.1, 0.15) is 11.1 Å². The first-order valence-corrected chi connectivity index (χ1v) is 7.46. The van der Waals surface area contributed by atoms with E-state index in [0.717, 1.165) is 5.56 Å². The summed E-state index contributed by atoms with van der Waals surface area (Å²) in [7, 11) is 1.54. The van der Waals surface area contributed by atoms with Gasteiger partial charge in [0, 0.05) is 19.3 Å². The Balaban J connectivity index is 2.01. The van der Waals surface area contributed by atoms with E-state index in [1.807, 2.05) is 0 Å². The predicted molar refractivity (Wildman–Crippen MR) is 94.4 cm³/mol. The van der Waals surface area contributed by atoms with Crippen LogP contribution < -0.4 is 10.1 Å². The van der Waals surface area contributed by atoms with Crippen LogP contribution in [0.4, 0.5) is 11.4 Å². The number of benzene rings is 2. The van der Waals surface area contributed by atoms with Gasteiger partial charge in [0.1, 0.15) is 5.75 Å². The zero-order chi connectivity index (χ0) is 18.2. The second-order valence-electron chi connectivity index (χ2n) is 5.15. The van der Waals surface area contributed by atoms with Crippen LogP contribution in [0.25, 0.3) is 6.08 Å². The highest BCUT2D eigenvalue weighted by molar-refractivity contribution is 6.02. The molecule has 0 saturated heterocycles. The average molecular weight is 342 g/mol. The van der Waals surface area contributed by atoms with Gasteiger partial charge in [-0.15, -0.1) is 0 Å². The summed E-state index contributed by atoms with van der Waals surface area (Å²) in [6.45, 7) is 1.76. The number of nitrogens with zero attached hydrogens (tertiary/aromatic N) is 1. The Morgan fingerprint density at radius 1 is 1.24 bits per heavy atom. The molecule has 1 amide bonds. The predicted octanol–water partition coefficient (Wildman–Crippen LogP) is 3.54. The van der Waals surface area contributed by atoms with Crippen molar-refractivity contribution in [2.45, 2.75) is 6.92 Å². The molecule has 7 nitrogen and oxygen atoms in total. The van der Waals surface area contributed by atoms with E-state index in [1.165, 1.54) is 18.2 Å². The fourth-order valence-electron chi connectivity index (χ4n) is 2.11.